The summed E-state index contributed by atoms with van der Waals surface area (Å²) in [5.74, 6) is 0.368. The third kappa shape index (κ3) is 4.94. The number of rotatable bonds is 3. The maximum absolute atomic E-state index is 11.8. The van der Waals surface area contributed by atoms with Crippen LogP contribution in [-0.4, -0.2) is 23.4 Å². The van der Waals surface area contributed by atoms with Gasteiger partial charge in [0.15, 0.2) is 0 Å². The first-order valence-corrected chi connectivity index (χ1v) is 6.72. The molecule has 104 valence electrons. The van der Waals surface area contributed by atoms with Gasteiger partial charge < -0.3 is 16.4 Å². The average Bonchev–Trinajstić information content (AvgIpc) is 2.24. The van der Waals surface area contributed by atoms with Gasteiger partial charge in [0.05, 0.1) is 6.04 Å². The minimum absolute atomic E-state index is 0.0611. The minimum Gasteiger partial charge on any atom is -0.386 e. The number of hydrogen-bond donors (Lipinski definition) is 4. The van der Waals surface area contributed by atoms with Gasteiger partial charge in [0, 0.05) is 5.54 Å². The van der Waals surface area contributed by atoms with Crippen LogP contribution in [0.5, 0.6) is 0 Å². The van der Waals surface area contributed by atoms with Crippen molar-refractivity contribution in [2.45, 2.75) is 64.5 Å². The Bertz CT molecular complexity index is 303. The van der Waals surface area contributed by atoms with Crippen LogP contribution in [-0.2, 0) is 0 Å². The van der Waals surface area contributed by atoms with Gasteiger partial charge in [-0.25, -0.2) is 4.79 Å². The fourth-order valence-electron chi connectivity index (χ4n) is 2.43. The monoisotopic (exact) mass is 254 g/mol. The molecule has 1 unspecified atom stereocenters. The summed E-state index contributed by atoms with van der Waals surface area (Å²) in [4.78, 5) is 11.8. The fourth-order valence-corrected chi connectivity index (χ4v) is 2.43. The Kier molecular flexibility index (Phi) is 4.99. The molecule has 0 aromatic carbocycles. The molecule has 0 spiro atoms. The molecule has 1 rings (SSSR count). The molecular formula is C13H26N4O. The van der Waals surface area contributed by atoms with Crippen molar-refractivity contribution in [2.75, 3.05) is 0 Å². The van der Waals surface area contributed by atoms with E-state index in [4.69, 9.17) is 11.1 Å². The zero-order valence-electron chi connectivity index (χ0n) is 11.7. The molecule has 1 aliphatic carbocycles. The van der Waals surface area contributed by atoms with Crippen molar-refractivity contribution in [2.24, 2.45) is 11.7 Å². The molecule has 1 fully saturated rings. The summed E-state index contributed by atoms with van der Waals surface area (Å²) >= 11 is 0. The highest BCUT2D eigenvalue weighted by molar-refractivity contribution is 5.88. The maximum atomic E-state index is 11.8. The minimum atomic E-state index is -0.326. The van der Waals surface area contributed by atoms with E-state index in [0.29, 0.717) is 5.92 Å². The van der Waals surface area contributed by atoms with Crippen molar-refractivity contribution >= 4 is 11.9 Å². The van der Waals surface area contributed by atoms with Crippen molar-refractivity contribution in [3.05, 3.63) is 0 Å². The van der Waals surface area contributed by atoms with Gasteiger partial charge >= 0.3 is 6.03 Å². The third-order valence-corrected chi connectivity index (χ3v) is 3.23. The summed E-state index contributed by atoms with van der Waals surface area (Å²) in [6.07, 6.45) is 5.66. The van der Waals surface area contributed by atoms with Crippen molar-refractivity contribution in [1.29, 1.82) is 5.41 Å². The van der Waals surface area contributed by atoms with E-state index in [1.54, 1.807) is 0 Å². The van der Waals surface area contributed by atoms with Gasteiger partial charge in [-0.3, -0.25) is 5.41 Å². The second-order valence-corrected chi connectivity index (χ2v) is 6.18. The Morgan fingerprint density at radius 3 is 2.28 bits per heavy atom. The smallest absolute Gasteiger partial charge is 0.315 e. The van der Waals surface area contributed by atoms with Crippen molar-refractivity contribution in [1.82, 2.24) is 10.6 Å². The number of amides is 2. The molecule has 1 saturated carbocycles. The SMILES string of the molecule is CC(C)(C)NC(=O)NC(C(=N)N)C1CCCCC1. The van der Waals surface area contributed by atoms with E-state index in [9.17, 15) is 4.79 Å². The highest BCUT2D eigenvalue weighted by Gasteiger charge is 2.28. The number of nitrogens with two attached hydrogens (primary N) is 1. The largest absolute Gasteiger partial charge is 0.386 e. The first kappa shape index (κ1) is 14.8. The third-order valence-electron chi connectivity index (χ3n) is 3.23. The Morgan fingerprint density at radius 2 is 1.83 bits per heavy atom. The molecule has 0 aromatic heterocycles. The van der Waals surface area contributed by atoms with Gasteiger partial charge in [-0.1, -0.05) is 19.3 Å². The van der Waals surface area contributed by atoms with E-state index >= 15 is 0 Å². The van der Waals surface area contributed by atoms with Crippen LogP contribution in [0.25, 0.3) is 0 Å². The van der Waals surface area contributed by atoms with Crippen LogP contribution < -0.4 is 16.4 Å². The molecule has 0 heterocycles. The lowest BCUT2D eigenvalue weighted by atomic mass is 9.83. The lowest BCUT2D eigenvalue weighted by Crippen LogP contribution is -2.55. The van der Waals surface area contributed by atoms with E-state index in [1.165, 1.54) is 6.42 Å². The number of amidine groups is 1. The second kappa shape index (κ2) is 6.07. The molecule has 5 N–H and O–H groups in total. The second-order valence-electron chi connectivity index (χ2n) is 6.18. The molecule has 18 heavy (non-hydrogen) atoms. The van der Waals surface area contributed by atoms with E-state index in [-0.39, 0.29) is 23.4 Å². The average molecular weight is 254 g/mol. The summed E-state index contributed by atoms with van der Waals surface area (Å²) in [5.41, 5.74) is 5.34. The maximum Gasteiger partial charge on any atom is 0.315 e. The van der Waals surface area contributed by atoms with Crippen LogP contribution >= 0.6 is 0 Å². The molecule has 0 radical (unpaired) electrons. The Hall–Kier alpha value is -1.26. The summed E-state index contributed by atoms with van der Waals surface area (Å²) in [7, 11) is 0. The van der Waals surface area contributed by atoms with Crippen LogP contribution in [0.4, 0.5) is 4.79 Å². The van der Waals surface area contributed by atoms with Gasteiger partial charge in [-0.15, -0.1) is 0 Å². The lowest BCUT2D eigenvalue weighted by molar-refractivity contribution is 0.222. The van der Waals surface area contributed by atoms with Crippen molar-refractivity contribution < 1.29 is 4.79 Å². The van der Waals surface area contributed by atoms with E-state index in [1.807, 2.05) is 20.8 Å². The molecule has 0 saturated heterocycles. The number of urea groups is 1. The standard InChI is InChI=1S/C13H26N4O/c1-13(2,3)17-12(18)16-10(11(14)15)9-7-5-4-6-8-9/h9-10H,4-8H2,1-3H3,(H3,14,15)(H2,16,17,18). The molecular weight excluding hydrogens is 228 g/mol. The quantitative estimate of drug-likeness (QED) is 0.458. The molecule has 0 aliphatic heterocycles. The predicted octanol–water partition coefficient (Wildman–Crippen LogP) is 1.97. The number of nitrogens with one attached hydrogen (secondary N) is 3. The van der Waals surface area contributed by atoms with E-state index in [2.05, 4.69) is 10.6 Å². The van der Waals surface area contributed by atoms with Crippen LogP contribution in [0, 0.1) is 11.3 Å². The predicted molar refractivity (Wildman–Crippen MR) is 73.7 cm³/mol. The van der Waals surface area contributed by atoms with Crippen LogP contribution in [0.3, 0.4) is 0 Å². The highest BCUT2D eigenvalue weighted by atomic mass is 16.2. The molecule has 1 atom stereocenters. The molecule has 1 aliphatic rings. The van der Waals surface area contributed by atoms with Gasteiger partial charge in [0.1, 0.15) is 5.84 Å². The normalized spacial score (nSPS) is 19.1. The van der Waals surface area contributed by atoms with E-state index < -0.39 is 0 Å². The molecule has 2 amide bonds. The zero-order valence-corrected chi connectivity index (χ0v) is 11.7. The van der Waals surface area contributed by atoms with Crippen LogP contribution in [0.15, 0.2) is 0 Å². The number of carbonyl (C=O) groups excluding carboxylic acids is 1. The van der Waals surface area contributed by atoms with Crippen molar-refractivity contribution in [3.8, 4) is 0 Å². The summed E-state index contributed by atoms with van der Waals surface area (Å²) in [6.45, 7) is 5.78. The number of hydrogen-bond acceptors (Lipinski definition) is 2. The van der Waals surface area contributed by atoms with Gasteiger partial charge in [-0.05, 0) is 39.5 Å². The lowest BCUT2D eigenvalue weighted by Gasteiger charge is -2.31. The Morgan fingerprint density at radius 1 is 1.28 bits per heavy atom. The van der Waals surface area contributed by atoms with Gasteiger partial charge in [-0.2, -0.15) is 0 Å². The zero-order chi connectivity index (χ0) is 13.8. The van der Waals surface area contributed by atoms with Crippen molar-refractivity contribution in [3.63, 3.8) is 0 Å². The summed E-state index contributed by atoms with van der Waals surface area (Å²) in [5, 5.41) is 13.3. The molecule has 0 bridgehead atoms. The topological polar surface area (TPSA) is 91.0 Å². The molecule has 0 aromatic rings. The molecule has 5 heteroatoms. The Labute approximate surface area is 109 Å². The number of carbonyl (C=O) groups is 1. The highest BCUT2D eigenvalue weighted by Crippen LogP contribution is 2.26. The van der Waals surface area contributed by atoms with E-state index in [0.717, 1.165) is 25.7 Å². The van der Waals surface area contributed by atoms with Crippen LogP contribution in [0.1, 0.15) is 52.9 Å². The summed E-state index contributed by atoms with van der Waals surface area (Å²) in [6, 6.07) is -0.569. The molecule has 5 nitrogen and oxygen atoms in total. The van der Waals surface area contributed by atoms with Crippen LogP contribution in [0.2, 0.25) is 0 Å². The first-order valence-electron chi connectivity index (χ1n) is 6.72. The van der Waals surface area contributed by atoms with Gasteiger partial charge in [0.2, 0.25) is 0 Å². The van der Waals surface area contributed by atoms with Gasteiger partial charge in [0.25, 0.3) is 0 Å². The Balaban J connectivity index is 2.57. The fraction of sp³-hybridized carbons (Fsp3) is 0.846. The first-order chi connectivity index (χ1) is 8.29. The summed E-state index contributed by atoms with van der Waals surface area (Å²) < 4.78 is 0.